The molecule has 0 saturated carbocycles. The maximum Gasteiger partial charge on any atom is 0.269 e. The summed E-state index contributed by atoms with van der Waals surface area (Å²) in [5.41, 5.74) is 3.68. The van der Waals surface area contributed by atoms with Gasteiger partial charge in [-0.1, -0.05) is 28.1 Å². The van der Waals surface area contributed by atoms with Gasteiger partial charge in [0.25, 0.3) is 5.69 Å². The molecule has 0 aromatic heterocycles. The predicted molar refractivity (Wildman–Crippen MR) is 119 cm³/mol. The van der Waals surface area contributed by atoms with Crippen LogP contribution in [0.5, 0.6) is 11.5 Å². The van der Waals surface area contributed by atoms with E-state index in [-0.39, 0.29) is 11.7 Å². The highest BCUT2D eigenvalue weighted by Gasteiger charge is 2.41. The third kappa shape index (κ3) is 3.53. The van der Waals surface area contributed by atoms with Crippen molar-refractivity contribution in [2.24, 2.45) is 5.10 Å². The molecule has 2 aliphatic heterocycles. The normalized spacial score (nSPS) is 19.2. The highest BCUT2D eigenvalue weighted by Crippen LogP contribution is 2.48. The summed E-state index contributed by atoms with van der Waals surface area (Å²) in [5.74, 6) is 1.54. The lowest BCUT2D eigenvalue weighted by Gasteiger charge is -2.38. The van der Waals surface area contributed by atoms with E-state index in [4.69, 9.17) is 14.6 Å². The quantitative estimate of drug-likeness (QED) is 0.359. The zero-order valence-electron chi connectivity index (χ0n) is 16.6. The number of nitro benzene ring substituents is 1. The van der Waals surface area contributed by atoms with Crippen molar-refractivity contribution in [1.82, 2.24) is 5.01 Å². The molecule has 2 aliphatic rings. The highest BCUT2D eigenvalue weighted by molar-refractivity contribution is 9.10. The molecule has 3 aromatic carbocycles. The van der Waals surface area contributed by atoms with E-state index in [1.807, 2.05) is 53.5 Å². The van der Waals surface area contributed by atoms with Crippen LogP contribution in [0.1, 0.15) is 35.4 Å². The first kappa shape index (κ1) is 19.6. The van der Waals surface area contributed by atoms with Gasteiger partial charge in [0.1, 0.15) is 11.5 Å². The summed E-state index contributed by atoms with van der Waals surface area (Å²) in [6.45, 7) is 0. The zero-order chi connectivity index (χ0) is 21.5. The summed E-state index contributed by atoms with van der Waals surface area (Å²) < 4.78 is 12.5. The van der Waals surface area contributed by atoms with Gasteiger partial charge in [0.15, 0.2) is 0 Å². The van der Waals surface area contributed by atoms with E-state index in [1.54, 1.807) is 19.2 Å². The van der Waals surface area contributed by atoms with Crippen LogP contribution in [-0.4, -0.2) is 22.8 Å². The van der Waals surface area contributed by atoms with Crippen LogP contribution in [0.3, 0.4) is 0 Å². The summed E-state index contributed by atoms with van der Waals surface area (Å²) in [4.78, 5) is 10.9. The Morgan fingerprint density at radius 3 is 2.71 bits per heavy atom. The molecule has 0 bridgehead atoms. The van der Waals surface area contributed by atoms with Crippen LogP contribution < -0.4 is 9.47 Å². The van der Waals surface area contributed by atoms with E-state index in [1.165, 1.54) is 6.07 Å². The minimum absolute atomic E-state index is 0.0257. The van der Waals surface area contributed by atoms with E-state index in [0.717, 1.165) is 32.8 Å². The molecule has 156 valence electrons. The van der Waals surface area contributed by atoms with E-state index < -0.39 is 11.2 Å². The molecule has 7 nitrogen and oxygen atoms in total. The Bertz CT molecular complexity index is 1200. The molecular weight excluding hydrogens is 462 g/mol. The van der Waals surface area contributed by atoms with Crippen molar-refractivity contribution in [3.8, 4) is 11.5 Å². The van der Waals surface area contributed by atoms with Crippen molar-refractivity contribution in [2.45, 2.75) is 18.7 Å². The van der Waals surface area contributed by atoms with Crippen molar-refractivity contribution in [3.63, 3.8) is 0 Å². The number of fused-ring (bicyclic) bond motifs is 3. The van der Waals surface area contributed by atoms with E-state index in [2.05, 4.69) is 15.9 Å². The van der Waals surface area contributed by atoms with Crippen LogP contribution in [0.4, 0.5) is 5.69 Å². The lowest BCUT2D eigenvalue weighted by molar-refractivity contribution is -0.385. The summed E-state index contributed by atoms with van der Waals surface area (Å²) in [7, 11) is 1.64. The molecule has 0 saturated heterocycles. The van der Waals surface area contributed by atoms with Crippen LogP contribution in [0.2, 0.25) is 0 Å². The SMILES string of the molecule is COc1ccc(C2=NN3[C@H](C2)c2cc(Br)ccc2O[C@@H]3c2cccc([N+](=O)[O-])c2)cc1. The fourth-order valence-electron chi connectivity index (χ4n) is 4.03. The Kier molecular flexibility index (Phi) is 4.86. The summed E-state index contributed by atoms with van der Waals surface area (Å²) in [5, 5.41) is 18.1. The molecule has 0 aliphatic carbocycles. The van der Waals surface area contributed by atoms with Crippen molar-refractivity contribution in [2.75, 3.05) is 7.11 Å². The first-order valence-electron chi connectivity index (χ1n) is 9.74. The number of hydrazone groups is 1. The van der Waals surface area contributed by atoms with Crippen molar-refractivity contribution in [3.05, 3.63) is 98.0 Å². The van der Waals surface area contributed by atoms with Gasteiger partial charge in [0, 0.05) is 34.2 Å². The summed E-state index contributed by atoms with van der Waals surface area (Å²) in [6.07, 6.45) is 0.138. The van der Waals surface area contributed by atoms with Crippen molar-refractivity contribution in [1.29, 1.82) is 0 Å². The second kappa shape index (κ2) is 7.70. The topological polar surface area (TPSA) is 77.2 Å². The molecule has 3 aromatic rings. The fourth-order valence-corrected chi connectivity index (χ4v) is 4.41. The monoisotopic (exact) mass is 479 g/mol. The van der Waals surface area contributed by atoms with E-state index in [0.29, 0.717) is 12.0 Å². The second-order valence-corrected chi connectivity index (χ2v) is 8.30. The van der Waals surface area contributed by atoms with Gasteiger partial charge in [0.2, 0.25) is 6.23 Å². The predicted octanol–water partition coefficient (Wildman–Crippen LogP) is 5.61. The molecule has 0 amide bonds. The first-order valence-corrected chi connectivity index (χ1v) is 10.5. The molecule has 5 rings (SSSR count). The Labute approximate surface area is 187 Å². The Morgan fingerprint density at radius 2 is 1.97 bits per heavy atom. The standard InChI is InChI=1S/C23H18BrN3O4/c1-30-18-8-5-14(6-9-18)20-13-21-19-12-16(24)7-10-22(19)31-23(26(21)25-20)15-3-2-4-17(11-15)27(28)29/h2-12,21,23H,13H2,1H3/t21-,23-/m1/s1. The van der Waals surface area contributed by atoms with E-state index >= 15 is 0 Å². The lowest BCUT2D eigenvalue weighted by atomic mass is 9.96. The van der Waals surface area contributed by atoms with Gasteiger partial charge < -0.3 is 9.47 Å². The number of ether oxygens (including phenoxy) is 2. The molecule has 0 unspecified atom stereocenters. The molecule has 0 N–H and O–H groups in total. The average Bonchev–Trinajstić information content (AvgIpc) is 3.24. The Hall–Kier alpha value is -3.39. The summed E-state index contributed by atoms with van der Waals surface area (Å²) in [6, 6.07) is 20.2. The maximum atomic E-state index is 11.3. The van der Waals surface area contributed by atoms with Crippen LogP contribution in [0.15, 0.2) is 76.3 Å². The molecule has 8 heteroatoms. The third-order valence-electron chi connectivity index (χ3n) is 5.54. The Morgan fingerprint density at radius 1 is 1.16 bits per heavy atom. The van der Waals surface area contributed by atoms with E-state index in [9.17, 15) is 10.1 Å². The number of hydrogen-bond acceptors (Lipinski definition) is 6. The van der Waals surface area contributed by atoms with Gasteiger partial charge in [-0.2, -0.15) is 5.10 Å². The van der Waals surface area contributed by atoms with Crippen LogP contribution in [0, 0.1) is 10.1 Å². The zero-order valence-corrected chi connectivity index (χ0v) is 18.2. The van der Waals surface area contributed by atoms with Crippen LogP contribution in [0.25, 0.3) is 0 Å². The lowest BCUT2D eigenvalue weighted by Crippen LogP contribution is -2.33. The van der Waals surface area contributed by atoms with Crippen molar-refractivity contribution >= 4 is 27.3 Å². The first-order chi connectivity index (χ1) is 15.0. The fraction of sp³-hybridized carbons (Fsp3) is 0.174. The van der Waals surface area contributed by atoms with Gasteiger partial charge in [-0.25, -0.2) is 5.01 Å². The molecule has 31 heavy (non-hydrogen) atoms. The number of rotatable bonds is 4. The minimum Gasteiger partial charge on any atom is -0.497 e. The molecular formula is C23H18BrN3O4. The van der Waals surface area contributed by atoms with Crippen molar-refractivity contribution < 1.29 is 14.4 Å². The largest absolute Gasteiger partial charge is 0.497 e. The average molecular weight is 480 g/mol. The number of nitrogens with zero attached hydrogens (tertiary/aromatic N) is 3. The summed E-state index contributed by atoms with van der Waals surface area (Å²) >= 11 is 3.55. The smallest absolute Gasteiger partial charge is 0.269 e. The minimum atomic E-state index is -0.561. The highest BCUT2D eigenvalue weighted by atomic mass is 79.9. The molecule has 0 fully saturated rings. The number of benzene rings is 3. The maximum absolute atomic E-state index is 11.3. The van der Waals surface area contributed by atoms with Gasteiger partial charge >= 0.3 is 0 Å². The number of nitro groups is 1. The number of hydrogen-bond donors (Lipinski definition) is 0. The number of non-ortho nitro benzene ring substituents is 1. The van der Waals surface area contributed by atoms with Gasteiger partial charge in [-0.15, -0.1) is 0 Å². The Balaban J connectivity index is 1.58. The van der Waals surface area contributed by atoms with Gasteiger partial charge in [0.05, 0.1) is 23.8 Å². The van der Waals surface area contributed by atoms with Crippen LogP contribution in [-0.2, 0) is 0 Å². The third-order valence-corrected chi connectivity index (χ3v) is 6.03. The second-order valence-electron chi connectivity index (χ2n) is 7.38. The van der Waals surface area contributed by atoms with Crippen LogP contribution >= 0.6 is 15.9 Å². The molecule has 2 atom stereocenters. The molecule has 0 spiro atoms. The molecule has 0 radical (unpaired) electrons. The number of halogens is 1. The van der Waals surface area contributed by atoms with Gasteiger partial charge in [-0.3, -0.25) is 10.1 Å². The number of methoxy groups -OCH3 is 1. The molecule has 2 heterocycles. The van der Waals surface area contributed by atoms with Gasteiger partial charge in [-0.05, 0) is 48.0 Å².